The summed E-state index contributed by atoms with van der Waals surface area (Å²) in [5, 5.41) is 2.49. The first kappa shape index (κ1) is 18.2. The molecule has 0 fully saturated rings. The third kappa shape index (κ3) is 5.51. The minimum atomic E-state index is -4.65. The fourth-order valence-corrected chi connectivity index (χ4v) is 1.57. The maximum atomic E-state index is 13.1. The number of amides is 1. The standard InChI is InChI=1S/C14H18F4N2O2/c1-8(2)12(19)13(21)20-3-4-22-11-6-9(14(16,17)18)5-10(15)7-11/h5-8,12H,3-4,19H2,1-2H3,(H,20,21)/t12-/m1/s1. The van der Waals surface area contributed by atoms with Gasteiger partial charge in [0.05, 0.1) is 18.2 Å². The average molecular weight is 322 g/mol. The third-order valence-corrected chi connectivity index (χ3v) is 2.89. The van der Waals surface area contributed by atoms with Gasteiger partial charge in [-0.2, -0.15) is 13.2 Å². The minimum Gasteiger partial charge on any atom is -0.492 e. The highest BCUT2D eigenvalue weighted by Crippen LogP contribution is 2.32. The molecule has 22 heavy (non-hydrogen) atoms. The van der Waals surface area contributed by atoms with E-state index in [9.17, 15) is 22.4 Å². The molecule has 0 radical (unpaired) electrons. The van der Waals surface area contributed by atoms with Gasteiger partial charge in [-0.15, -0.1) is 0 Å². The second kappa shape index (κ2) is 7.44. The molecule has 3 N–H and O–H groups in total. The van der Waals surface area contributed by atoms with Crippen molar-refractivity contribution in [2.24, 2.45) is 11.7 Å². The Labute approximate surface area is 125 Å². The molecule has 0 saturated carbocycles. The smallest absolute Gasteiger partial charge is 0.416 e. The summed E-state index contributed by atoms with van der Waals surface area (Å²) in [6, 6.07) is 1.25. The highest BCUT2D eigenvalue weighted by Gasteiger charge is 2.31. The van der Waals surface area contributed by atoms with E-state index in [1.54, 1.807) is 13.8 Å². The lowest BCUT2D eigenvalue weighted by Gasteiger charge is -2.15. The van der Waals surface area contributed by atoms with E-state index in [1.165, 1.54) is 0 Å². The zero-order valence-corrected chi connectivity index (χ0v) is 12.2. The molecule has 0 saturated heterocycles. The predicted octanol–water partition coefficient (Wildman–Crippen LogP) is 2.32. The van der Waals surface area contributed by atoms with Gasteiger partial charge in [-0.05, 0) is 18.1 Å². The number of nitrogens with two attached hydrogens (primary N) is 1. The summed E-state index contributed by atoms with van der Waals surface area (Å²) in [6.07, 6.45) is -4.65. The SMILES string of the molecule is CC(C)[C@@H](N)C(=O)NCCOc1cc(F)cc(C(F)(F)F)c1. The van der Waals surface area contributed by atoms with Crippen molar-refractivity contribution in [2.75, 3.05) is 13.2 Å². The van der Waals surface area contributed by atoms with Crippen LogP contribution in [0, 0.1) is 11.7 Å². The second-order valence-corrected chi connectivity index (χ2v) is 5.08. The topological polar surface area (TPSA) is 64.4 Å². The van der Waals surface area contributed by atoms with Gasteiger partial charge in [0.1, 0.15) is 18.2 Å². The van der Waals surface area contributed by atoms with Crippen molar-refractivity contribution in [3.05, 3.63) is 29.6 Å². The number of ether oxygens (including phenoxy) is 1. The largest absolute Gasteiger partial charge is 0.492 e. The summed E-state index contributed by atoms with van der Waals surface area (Å²) in [4.78, 5) is 11.5. The van der Waals surface area contributed by atoms with Crippen LogP contribution >= 0.6 is 0 Å². The van der Waals surface area contributed by atoms with E-state index in [4.69, 9.17) is 10.5 Å². The van der Waals surface area contributed by atoms with Crippen molar-refractivity contribution >= 4 is 5.91 Å². The lowest BCUT2D eigenvalue weighted by atomic mass is 10.1. The van der Waals surface area contributed by atoms with Gasteiger partial charge >= 0.3 is 6.18 Å². The highest BCUT2D eigenvalue weighted by atomic mass is 19.4. The summed E-state index contributed by atoms with van der Waals surface area (Å²) in [5.74, 6) is -1.72. The summed E-state index contributed by atoms with van der Waals surface area (Å²) in [5.41, 5.74) is 4.48. The van der Waals surface area contributed by atoms with E-state index >= 15 is 0 Å². The van der Waals surface area contributed by atoms with Gasteiger partial charge in [0.2, 0.25) is 5.91 Å². The van der Waals surface area contributed by atoms with Crippen LogP contribution in [0.4, 0.5) is 17.6 Å². The van der Waals surface area contributed by atoms with Crippen molar-refractivity contribution < 1.29 is 27.1 Å². The van der Waals surface area contributed by atoms with Gasteiger partial charge in [-0.1, -0.05) is 13.8 Å². The molecule has 0 aliphatic carbocycles. The van der Waals surface area contributed by atoms with Crippen LogP contribution < -0.4 is 15.8 Å². The summed E-state index contributed by atoms with van der Waals surface area (Å²) < 4.78 is 55.7. The molecule has 1 amide bonds. The summed E-state index contributed by atoms with van der Waals surface area (Å²) in [7, 11) is 0. The molecule has 1 aromatic carbocycles. The minimum absolute atomic E-state index is 0.0431. The van der Waals surface area contributed by atoms with Crippen LogP contribution in [0.3, 0.4) is 0 Å². The molecule has 0 bridgehead atoms. The van der Waals surface area contributed by atoms with Crippen molar-refractivity contribution in [2.45, 2.75) is 26.1 Å². The molecule has 0 aromatic heterocycles. The van der Waals surface area contributed by atoms with E-state index in [1.807, 2.05) is 0 Å². The molecule has 0 spiro atoms. The van der Waals surface area contributed by atoms with Crippen molar-refractivity contribution in [1.82, 2.24) is 5.32 Å². The molecule has 0 unspecified atom stereocenters. The van der Waals surface area contributed by atoms with Crippen molar-refractivity contribution in [1.29, 1.82) is 0 Å². The number of carbonyl (C=O) groups is 1. The Morgan fingerprint density at radius 3 is 2.50 bits per heavy atom. The average Bonchev–Trinajstić information content (AvgIpc) is 2.40. The lowest BCUT2D eigenvalue weighted by Crippen LogP contribution is -2.45. The Hall–Kier alpha value is -1.83. The molecular weight excluding hydrogens is 304 g/mol. The van der Waals surface area contributed by atoms with Gasteiger partial charge in [0.15, 0.2) is 0 Å². The summed E-state index contributed by atoms with van der Waals surface area (Å²) >= 11 is 0. The van der Waals surface area contributed by atoms with E-state index in [0.29, 0.717) is 12.1 Å². The maximum absolute atomic E-state index is 13.1. The molecule has 1 rings (SSSR count). The Balaban J connectivity index is 2.52. The van der Waals surface area contributed by atoms with Crippen LogP contribution in [0.15, 0.2) is 18.2 Å². The molecule has 1 aromatic rings. The van der Waals surface area contributed by atoms with Gasteiger partial charge < -0.3 is 15.8 Å². The van der Waals surface area contributed by atoms with Crippen molar-refractivity contribution in [3.8, 4) is 5.75 Å². The molecule has 8 heteroatoms. The van der Waals surface area contributed by atoms with Crippen LogP contribution in [0.1, 0.15) is 19.4 Å². The molecular formula is C14H18F4N2O2. The fraction of sp³-hybridized carbons (Fsp3) is 0.500. The number of carbonyl (C=O) groups excluding carboxylic acids is 1. The fourth-order valence-electron chi connectivity index (χ4n) is 1.57. The normalized spacial score (nSPS) is 13.1. The van der Waals surface area contributed by atoms with Crippen molar-refractivity contribution in [3.63, 3.8) is 0 Å². The van der Waals surface area contributed by atoms with Crippen LogP contribution in [0.2, 0.25) is 0 Å². The molecule has 0 aliphatic heterocycles. The van der Waals surface area contributed by atoms with Gasteiger partial charge in [-0.25, -0.2) is 4.39 Å². The maximum Gasteiger partial charge on any atom is 0.416 e. The summed E-state index contributed by atoms with van der Waals surface area (Å²) in [6.45, 7) is 3.52. The van der Waals surface area contributed by atoms with Gasteiger partial charge in [0, 0.05) is 6.07 Å². The first-order valence-electron chi connectivity index (χ1n) is 6.65. The van der Waals surface area contributed by atoms with Crippen LogP contribution in [0.5, 0.6) is 5.75 Å². The van der Waals surface area contributed by atoms with Crippen LogP contribution in [-0.2, 0) is 11.0 Å². The number of rotatable bonds is 6. The Kier molecular flexibility index (Phi) is 6.16. The third-order valence-electron chi connectivity index (χ3n) is 2.89. The monoisotopic (exact) mass is 322 g/mol. The molecule has 4 nitrogen and oxygen atoms in total. The first-order chi connectivity index (χ1) is 10.1. The number of benzene rings is 1. The quantitative estimate of drug-likeness (QED) is 0.624. The number of halogens is 4. The number of hydrogen-bond acceptors (Lipinski definition) is 3. The molecule has 1 atom stereocenters. The Morgan fingerprint density at radius 1 is 1.32 bits per heavy atom. The van der Waals surface area contributed by atoms with Gasteiger partial charge in [0.25, 0.3) is 0 Å². The zero-order valence-electron chi connectivity index (χ0n) is 12.2. The highest BCUT2D eigenvalue weighted by molar-refractivity contribution is 5.81. The van der Waals surface area contributed by atoms with Gasteiger partial charge in [-0.3, -0.25) is 4.79 Å². The Bertz CT molecular complexity index is 518. The van der Waals surface area contributed by atoms with E-state index in [2.05, 4.69) is 5.32 Å². The zero-order chi connectivity index (χ0) is 16.9. The van der Waals surface area contributed by atoms with Crippen LogP contribution in [0.25, 0.3) is 0 Å². The van der Waals surface area contributed by atoms with E-state index < -0.39 is 23.6 Å². The number of nitrogens with one attached hydrogen (secondary N) is 1. The first-order valence-corrected chi connectivity index (χ1v) is 6.65. The predicted molar refractivity (Wildman–Crippen MR) is 72.7 cm³/mol. The van der Waals surface area contributed by atoms with Crippen LogP contribution in [-0.4, -0.2) is 25.1 Å². The molecule has 124 valence electrons. The number of alkyl halides is 3. The Morgan fingerprint density at radius 2 is 1.95 bits per heavy atom. The lowest BCUT2D eigenvalue weighted by molar-refractivity contribution is -0.137. The van der Waals surface area contributed by atoms with E-state index in [-0.39, 0.29) is 30.7 Å². The molecule has 0 heterocycles. The number of hydrogen-bond donors (Lipinski definition) is 2. The molecule has 0 aliphatic rings. The van der Waals surface area contributed by atoms with E-state index in [0.717, 1.165) is 6.07 Å². The second-order valence-electron chi connectivity index (χ2n) is 5.08.